The lowest BCUT2D eigenvalue weighted by Crippen LogP contribution is -2.42. The van der Waals surface area contributed by atoms with Crippen molar-refractivity contribution in [1.29, 1.82) is 0 Å². The van der Waals surface area contributed by atoms with Gasteiger partial charge in [-0.25, -0.2) is 0 Å². The molecule has 0 atom stereocenters. The lowest BCUT2D eigenvalue weighted by atomic mass is 10.1. The summed E-state index contributed by atoms with van der Waals surface area (Å²) in [5, 5.41) is 2.65. The molecule has 0 radical (unpaired) electrons. The zero-order chi connectivity index (χ0) is 20.7. The van der Waals surface area contributed by atoms with Crippen LogP contribution in [-0.2, 0) is 28.9 Å². The molecule has 0 fully saturated rings. The van der Waals surface area contributed by atoms with Crippen LogP contribution >= 0.6 is 0 Å². The molecule has 1 aromatic carbocycles. The highest BCUT2D eigenvalue weighted by molar-refractivity contribution is 5.85. The molecule has 28 heavy (non-hydrogen) atoms. The van der Waals surface area contributed by atoms with Gasteiger partial charge in [-0.2, -0.15) is 13.2 Å². The topological polar surface area (TPSA) is 65.8 Å². The number of nitrogens with one attached hydrogen (secondary N) is 1. The molecule has 9 heteroatoms. The maximum atomic E-state index is 12.6. The minimum absolute atomic E-state index is 0.0307. The minimum Gasteiger partial charge on any atom is -0.467 e. The Hall–Kier alpha value is -2.81. The number of benzene rings is 1. The first-order valence-corrected chi connectivity index (χ1v) is 8.53. The molecule has 2 rings (SSSR count). The van der Waals surface area contributed by atoms with Gasteiger partial charge < -0.3 is 14.6 Å². The lowest BCUT2D eigenvalue weighted by molar-refractivity contribution is -0.137. The number of nitrogens with zero attached hydrogens (tertiary/aromatic N) is 2. The molecule has 0 spiro atoms. The van der Waals surface area contributed by atoms with E-state index in [2.05, 4.69) is 5.32 Å². The fourth-order valence-electron chi connectivity index (χ4n) is 2.48. The van der Waals surface area contributed by atoms with Gasteiger partial charge in [0.2, 0.25) is 11.8 Å². The van der Waals surface area contributed by atoms with Gasteiger partial charge in [0.15, 0.2) is 0 Å². The molecule has 0 bridgehead atoms. The monoisotopic (exact) mass is 397 g/mol. The van der Waals surface area contributed by atoms with Crippen LogP contribution in [0.15, 0.2) is 47.1 Å². The summed E-state index contributed by atoms with van der Waals surface area (Å²) < 4.78 is 42.9. The van der Waals surface area contributed by atoms with E-state index in [9.17, 15) is 22.8 Å². The lowest BCUT2D eigenvalue weighted by Gasteiger charge is -2.21. The minimum atomic E-state index is -4.37. The van der Waals surface area contributed by atoms with Gasteiger partial charge in [0.1, 0.15) is 5.76 Å². The van der Waals surface area contributed by atoms with Crippen LogP contribution in [0.2, 0.25) is 0 Å². The van der Waals surface area contributed by atoms with E-state index in [-0.39, 0.29) is 31.4 Å². The molecule has 0 aliphatic rings. The van der Waals surface area contributed by atoms with Crippen molar-refractivity contribution in [2.24, 2.45) is 0 Å². The molecule has 0 aliphatic carbocycles. The van der Waals surface area contributed by atoms with Crippen LogP contribution in [0.5, 0.6) is 0 Å². The fourth-order valence-corrected chi connectivity index (χ4v) is 2.48. The van der Waals surface area contributed by atoms with Crippen LogP contribution in [0.3, 0.4) is 0 Å². The first-order chi connectivity index (χ1) is 13.1. The van der Waals surface area contributed by atoms with Gasteiger partial charge in [0.05, 0.1) is 31.5 Å². The first kappa shape index (κ1) is 21.5. The Morgan fingerprint density at radius 3 is 2.32 bits per heavy atom. The van der Waals surface area contributed by atoms with Crippen LogP contribution in [-0.4, -0.2) is 48.8 Å². The highest BCUT2D eigenvalue weighted by Gasteiger charge is 2.29. The zero-order valence-electron chi connectivity index (χ0n) is 15.6. The molecule has 0 saturated heterocycles. The Kier molecular flexibility index (Phi) is 7.22. The molecule has 0 aliphatic heterocycles. The largest absolute Gasteiger partial charge is 0.467 e. The van der Waals surface area contributed by atoms with Crippen LogP contribution in [0.1, 0.15) is 16.9 Å². The second-order valence-corrected chi connectivity index (χ2v) is 6.47. The highest BCUT2D eigenvalue weighted by atomic mass is 19.4. The molecule has 2 aromatic rings. The standard InChI is InChI=1S/C19H22F3N3O3/c1-24(11-14-5-7-15(8-6-14)19(20,21)22)13-18(27)25(2)12-17(26)23-10-16-4-3-9-28-16/h3-9H,10-13H2,1-2H3,(H,23,26). The number of alkyl halides is 3. The zero-order valence-corrected chi connectivity index (χ0v) is 15.6. The van der Waals surface area contributed by atoms with Gasteiger partial charge in [0.25, 0.3) is 0 Å². The van der Waals surface area contributed by atoms with E-state index in [0.29, 0.717) is 17.9 Å². The summed E-state index contributed by atoms with van der Waals surface area (Å²) in [7, 11) is 3.20. The molecule has 2 amide bonds. The van der Waals surface area contributed by atoms with Gasteiger partial charge in [-0.3, -0.25) is 14.5 Å². The number of likely N-dealkylation sites (N-methyl/N-ethyl adjacent to an activating group) is 2. The third-order valence-corrected chi connectivity index (χ3v) is 3.99. The van der Waals surface area contributed by atoms with E-state index in [1.807, 2.05) is 0 Å². The second kappa shape index (κ2) is 9.41. The van der Waals surface area contributed by atoms with E-state index in [1.165, 1.54) is 30.3 Å². The molecule has 1 heterocycles. The van der Waals surface area contributed by atoms with Gasteiger partial charge >= 0.3 is 6.18 Å². The number of amides is 2. The quantitative estimate of drug-likeness (QED) is 0.744. The predicted molar refractivity (Wildman–Crippen MR) is 96.0 cm³/mol. The van der Waals surface area contributed by atoms with Crippen molar-refractivity contribution in [3.63, 3.8) is 0 Å². The molecule has 152 valence electrons. The van der Waals surface area contributed by atoms with Gasteiger partial charge in [-0.1, -0.05) is 12.1 Å². The summed E-state index contributed by atoms with van der Waals surface area (Å²) in [6, 6.07) is 8.24. The third-order valence-electron chi connectivity index (χ3n) is 3.99. The number of hydrogen-bond donors (Lipinski definition) is 1. The summed E-state index contributed by atoms with van der Waals surface area (Å²) in [4.78, 5) is 27.1. The Labute approximate surface area is 160 Å². The molecule has 0 saturated carbocycles. The second-order valence-electron chi connectivity index (χ2n) is 6.47. The molecule has 1 N–H and O–H groups in total. The molecule has 0 unspecified atom stereocenters. The van der Waals surface area contributed by atoms with Crippen molar-refractivity contribution in [3.05, 3.63) is 59.5 Å². The maximum absolute atomic E-state index is 12.6. The highest BCUT2D eigenvalue weighted by Crippen LogP contribution is 2.29. The van der Waals surface area contributed by atoms with Gasteiger partial charge in [0, 0.05) is 13.6 Å². The number of furan rings is 1. The number of carbonyl (C=O) groups is 2. The van der Waals surface area contributed by atoms with Gasteiger partial charge in [-0.05, 0) is 36.9 Å². The summed E-state index contributed by atoms with van der Waals surface area (Å²) in [6.45, 7) is 0.473. The number of rotatable bonds is 8. The van der Waals surface area contributed by atoms with Crippen molar-refractivity contribution in [2.45, 2.75) is 19.3 Å². The predicted octanol–water partition coefficient (Wildman–Crippen LogP) is 2.51. The van der Waals surface area contributed by atoms with Crippen molar-refractivity contribution < 1.29 is 27.2 Å². The summed E-state index contributed by atoms with van der Waals surface area (Å²) in [5.74, 6) is 0.0128. The maximum Gasteiger partial charge on any atom is 0.416 e. The average Bonchev–Trinajstić information content (AvgIpc) is 3.13. The first-order valence-electron chi connectivity index (χ1n) is 8.53. The Morgan fingerprint density at radius 2 is 1.75 bits per heavy atom. The van der Waals surface area contributed by atoms with E-state index in [1.54, 1.807) is 24.1 Å². The smallest absolute Gasteiger partial charge is 0.416 e. The molecular formula is C19H22F3N3O3. The van der Waals surface area contributed by atoms with E-state index in [0.717, 1.165) is 12.1 Å². The molecular weight excluding hydrogens is 375 g/mol. The molecule has 1 aromatic heterocycles. The normalized spacial score (nSPS) is 11.5. The Balaban J connectivity index is 1.76. The van der Waals surface area contributed by atoms with Crippen LogP contribution in [0, 0.1) is 0 Å². The average molecular weight is 397 g/mol. The summed E-state index contributed by atoms with van der Waals surface area (Å²) in [6.07, 6.45) is -2.87. The third kappa shape index (κ3) is 6.73. The SMILES string of the molecule is CN(CC(=O)N(C)CC(=O)NCc1ccco1)Cc1ccc(C(F)(F)F)cc1. The van der Waals surface area contributed by atoms with E-state index in [4.69, 9.17) is 4.42 Å². The number of halogens is 3. The Morgan fingerprint density at radius 1 is 1.07 bits per heavy atom. The van der Waals surface area contributed by atoms with Crippen LogP contribution in [0.25, 0.3) is 0 Å². The van der Waals surface area contributed by atoms with Crippen LogP contribution < -0.4 is 5.32 Å². The van der Waals surface area contributed by atoms with E-state index < -0.39 is 11.7 Å². The van der Waals surface area contributed by atoms with Crippen LogP contribution in [0.4, 0.5) is 13.2 Å². The van der Waals surface area contributed by atoms with Gasteiger partial charge in [-0.15, -0.1) is 0 Å². The van der Waals surface area contributed by atoms with Crippen molar-refractivity contribution in [2.75, 3.05) is 27.2 Å². The summed E-state index contributed by atoms with van der Waals surface area (Å²) >= 11 is 0. The Bertz CT molecular complexity index is 774. The molecule has 6 nitrogen and oxygen atoms in total. The van der Waals surface area contributed by atoms with Crippen molar-refractivity contribution in [1.82, 2.24) is 15.1 Å². The summed E-state index contributed by atoms with van der Waals surface area (Å²) in [5.41, 5.74) is -0.0579. The van der Waals surface area contributed by atoms with Crippen molar-refractivity contribution >= 4 is 11.8 Å². The number of hydrogen-bond acceptors (Lipinski definition) is 4. The van der Waals surface area contributed by atoms with E-state index >= 15 is 0 Å². The fraction of sp³-hybridized carbons (Fsp3) is 0.368. The van der Waals surface area contributed by atoms with Crippen molar-refractivity contribution in [3.8, 4) is 0 Å². The number of carbonyl (C=O) groups excluding carboxylic acids is 2.